The van der Waals surface area contributed by atoms with Crippen molar-refractivity contribution in [1.82, 2.24) is 0 Å². The number of nitro groups is 1. The first-order valence-corrected chi connectivity index (χ1v) is 6.79. The molecule has 1 unspecified atom stereocenters. The van der Waals surface area contributed by atoms with E-state index in [4.69, 9.17) is 16.3 Å². The molecule has 21 heavy (non-hydrogen) atoms. The monoisotopic (exact) mass is 307 g/mol. The minimum absolute atomic E-state index is 0.0236. The molecule has 2 aromatic rings. The summed E-state index contributed by atoms with van der Waals surface area (Å²) in [5.41, 5.74) is 0.650. The highest BCUT2D eigenvalue weighted by molar-refractivity contribution is 6.32. The molecular formula is C15H14ClNO4. The summed E-state index contributed by atoms with van der Waals surface area (Å²) in [6, 6.07) is 11.2. The second-order valence-electron chi connectivity index (χ2n) is 4.47. The predicted molar refractivity (Wildman–Crippen MR) is 79.9 cm³/mol. The molecular weight excluding hydrogens is 294 g/mol. The first-order valence-electron chi connectivity index (χ1n) is 6.41. The number of hydrogen-bond acceptors (Lipinski definition) is 4. The fourth-order valence-electron chi connectivity index (χ4n) is 1.83. The standard InChI is InChI=1S/C15H14ClNO4/c1-2-15(18)10-3-5-11(6-4-10)21-12-7-8-14(17(19)20)13(16)9-12/h3-9,15,18H,2H2,1H3. The van der Waals surface area contributed by atoms with E-state index in [1.165, 1.54) is 18.2 Å². The number of halogens is 1. The SMILES string of the molecule is CCC(O)c1ccc(Oc2ccc([N+](=O)[O-])c(Cl)c2)cc1. The minimum atomic E-state index is -0.549. The molecule has 0 fully saturated rings. The zero-order valence-corrected chi connectivity index (χ0v) is 12.1. The highest BCUT2D eigenvalue weighted by atomic mass is 35.5. The Labute approximate surface area is 126 Å². The average Bonchev–Trinajstić information content (AvgIpc) is 2.47. The van der Waals surface area contributed by atoms with Gasteiger partial charge in [-0.25, -0.2) is 0 Å². The van der Waals surface area contributed by atoms with Gasteiger partial charge in [-0.2, -0.15) is 0 Å². The van der Waals surface area contributed by atoms with Crippen LogP contribution in [0.3, 0.4) is 0 Å². The van der Waals surface area contributed by atoms with Crippen molar-refractivity contribution in [3.05, 3.63) is 63.2 Å². The van der Waals surface area contributed by atoms with E-state index >= 15 is 0 Å². The Morgan fingerprint density at radius 3 is 2.38 bits per heavy atom. The maximum Gasteiger partial charge on any atom is 0.288 e. The van der Waals surface area contributed by atoms with Crippen LogP contribution in [-0.4, -0.2) is 10.0 Å². The third kappa shape index (κ3) is 3.71. The van der Waals surface area contributed by atoms with Crippen LogP contribution in [0.1, 0.15) is 25.0 Å². The highest BCUT2D eigenvalue weighted by Gasteiger charge is 2.13. The summed E-state index contributed by atoms with van der Waals surface area (Å²) in [4.78, 5) is 10.1. The van der Waals surface area contributed by atoms with Crippen molar-refractivity contribution in [3.63, 3.8) is 0 Å². The number of rotatable bonds is 5. The van der Waals surface area contributed by atoms with E-state index in [0.717, 1.165) is 5.56 Å². The van der Waals surface area contributed by atoms with E-state index in [9.17, 15) is 15.2 Å². The molecule has 0 heterocycles. The van der Waals surface area contributed by atoms with Gasteiger partial charge in [0.2, 0.25) is 0 Å². The number of hydrogen-bond donors (Lipinski definition) is 1. The Bertz CT molecular complexity index is 643. The average molecular weight is 308 g/mol. The summed E-state index contributed by atoms with van der Waals surface area (Å²) in [6.07, 6.45) is 0.144. The van der Waals surface area contributed by atoms with Gasteiger partial charge >= 0.3 is 0 Å². The van der Waals surface area contributed by atoms with Gasteiger partial charge in [0.15, 0.2) is 0 Å². The molecule has 0 saturated heterocycles. The second-order valence-corrected chi connectivity index (χ2v) is 4.87. The molecule has 0 aromatic heterocycles. The fraction of sp³-hybridized carbons (Fsp3) is 0.200. The van der Waals surface area contributed by atoms with Crippen LogP contribution < -0.4 is 4.74 Å². The van der Waals surface area contributed by atoms with Crippen molar-refractivity contribution in [3.8, 4) is 11.5 Å². The zero-order valence-electron chi connectivity index (χ0n) is 11.3. The molecule has 1 atom stereocenters. The summed E-state index contributed by atoms with van der Waals surface area (Å²) in [6.45, 7) is 1.90. The van der Waals surface area contributed by atoms with Crippen LogP contribution in [-0.2, 0) is 0 Å². The quantitative estimate of drug-likeness (QED) is 0.652. The van der Waals surface area contributed by atoms with Gasteiger partial charge < -0.3 is 9.84 Å². The van der Waals surface area contributed by atoms with Crippen LogP contribution in [0.15, 0.2) is 42.5 Å². The Kier molecular flexibility index (Phi) is 4.77. The molecule has 0 aliphatic heterocycles. The molecule has 0 saturated carbocycles. The van der Waals surface area contributed by atoms with Crippen molar-refractivity contribution >= 4 is 17.3 Å². The lowest BCUT2D eigenvalue weighted by atomic mass is 10.1. The van der Waals surface area contributed by atoms with E-state index in [-0.39, 0.29) is 10.7 Å². The first kappa shape index (κ1) is 15.3. The molecule has 5 nitrogen and oxygen atoms in total. The zero-order chi connectivity index (χ0) is 15.4. The summed E-state index contributed by atoms with van der Waals surface area (Å²) in [7, 11) is 0. The first-order chi connectivity index (χ1) is 10.0. The van der Waals surface area contributed by atoms with Gasteiger partial charge in [-0.15, -0.1) is 0 Å². The van der Waals surface area contributed by atoms with Crippen molar-refractivity contribution in [2.24, 2.45) is 0 Å². The van der Waals surface area contributed by atoms with Crippen LogP contribution in [0, 0.1) is 10.1 Å². The smallest absolute Gasteiger partial charge is 0.288 e. The Morgan fingerprint density at radius 1 is 1.24 bits per heavy atom. The number of aliphatic hydroxyl groups excluding tert-OH is 1. The van der Waals surface area contributed by atoms with E-state index in [1.54, 1.807) is 24.3 Å². The van der Waals surface area contributed by atoms with Gasteiger partial charge in [-0.1, -0.05) is 30.7 Å². The molecule has 0 bridgehead atoms. The van der Waals surface area contributed by atoms with Crippen molar-refractivity contribution in [1.29, 1.82) is 0 Å². The lowest BCUT2D eigenvalue weighted by Gasteiger charge is -2.10. The Hall–Kier alpha value is -2.11. The van der Waals surface area contributed by atoms with Crippen LogP contribution in [0.5, 0.6) is 11.5 Å². The maximum absolute atomic E-state index is 10.7. The normalized spacial score (nSPS) is 12.0. The number of aliphatic hydroxyl groups is 1. The van der Waals surface area contributed by atoms with Gasteiger partial charge in [0.1, 0.15) is 16.5 Å². The summed E-state index contributed by atoms with van der Waals surface area (Å²) < 4.78 is 5.57. The third-order valence-corrected chi connectivity index (χ3v) is 3.31. The van der Waals surface area contributed by atoms with Crippen LogP contribution in [0.4, 0.5) is 5.69 Å². The maximum atomic E-state index is 10.7. The highest BCUT2D eigenvalue weighted by Crippen LogP contribution is 2.31. The van der Waals surface area contributed by atoms with Crippen LogP contribution in [0.25, 0.3) is 0 Å². The third-order valence-electron chi connectivity index (χ3n) is 3.00. The lowest BCUT2D eigenvalue weighted by Crippen LogP contribution is -1.94. The van der Waals surface area contributed by atoms with Gasteiger partial charge in [-0.3, -0.25) is 10.1 Å². The van der Waals surface area contributed by atoms with E-state index < -0.39 is 11.0 Å². The number of nitrogens with zero attached hydrogens (tertiary/aromatic N) is 1. The molecule has 1 N–H and O–H groups in total. The van der Waals surface area contributed by atoms with Crippen molar-refractivity contribution < 1.29 is 14.8 Å². The van der Waals surface area contributed by atoms with Gasteiger partial charge in [0.05, 0.1) is 11.0 Å². The van der Waals surface area contributed by atoms with Crippen LogP contribution in [0.2, 0.25) is 5.02 Å². The molecule has 0 amide bonds. The largest absolute Gasteiger partial charge is 0.457 e. The number of nitro benzene ring substituents is 1. The van der Waals surface area contributed by atoms with Crippen molar-refractivity contribution in [2.75, 3.05) is 0 Å². The van der Waals surface area contributed by atoms with Gasteiger partial charge in [0.25, 0.3) is 5.69 Å². The topological polar surface area (TPSA) is 72.6 Å². The van der Waals surface area contributed by atoms with Crippen LogP contribution >= 0.6 is 11.6 Å². The molecule has 0 aliphatic rings. The minimum Gasteiger partial charge on any atom is -0.457 e. The summed E-state index contributed by atoms with van der Waals surface area (Å²) in [5, 5.41) is 20.4. The number of benzene rings is 2. The Balaban J connectivity index is 2.15. The van der Waals surface area contributed by atoms with E-state index in [1.807, 2.05) is 6.92 Å². The summed E-state index contributed by atoms with van der Waals surface area (Å²) in [5.74, 6) is 0.973. The number of ether oxygens (including phenoxy) is 1. The molecule has 2 aromatic carbocycles. The van der Waals surface area contributed by atoms with Gasteiger partial charge in [0, 0.05) is 12.1 Å². The molecule has 6 heteroatoms. The molecule has 0 aliphatic carbocycles. The van der Waals surface area contributed by atoms with E-state index in [0.29, 0.717) is 17.9 Å². The molecule has 0 spiro atoms. The van der Waals surface area contributed by atoms with Gasteiger partial charge in [-0.05, 0) is 30.2 Å². The molecule has 110 valence electrons. The van der Waals surface area contributed by atoms with Crippen molar-refractivity contribution in [2.45, 2.75) is 19.4 Å². The fourth-order valence-corrected chi connectivity index (χ4v) is 2.07. The predicted octanol–water partition coefficient (Wildman–Crippen LogP) is 4.48. The lowest BCUT2D eigenvalue weighted by molar-refractivity contribution is -0.384. The Morgan fingerprint density at radius 2 is 1.86 bits per heavy atom. The molecule has 0 radical (unpaired) electrons. The molecule has 2 rings (SSSR count). The van der Waals surface area contributed by atoms with E-state index in [2.05, 4.69) is 0 Å². The second kappa shape index (κ2) is 6.56. The summed E-state index contributed by atoms with van der Waals surface area (Å²) >= 11 is 5.82.